The largest absolute Gasteiger partial charge is 0.497 e. The lowest BCUT2D eigenvalue weighted by Crippen LogP contribution is -1.89. The van der Waals surface area contributed by atoms with E-state index in [9.17, 15) is 0 Å². The Kier molecular flexibility index (Phi) is 2.33. The highest BCUT2D eigenvalue weighted by Gasteiger charge is 2.09. The van der Waals surface area contributed by atoms with Gasteiger partial charge in [0.1, 0.15) is 10.8 Å². The Morgan fingerprint density at radius 2 is 2.00 bits per heavy atom. The minimum atomic E-state index is 0.851. The molecule has 0 radical (unpaired) electrons. The van der Waals surface area contributed by atoms with Crippen LogP contribution in [0.15, 0.2) is 30.5 Å². The summed E-state index contributed by atoms with van der Waals surface area (Å²) in [5.41, 5.74) is 2.09. The van der Waals surface area contributed by atoms with E-state index in [-0.39, 0.29) is 0 Å². The molecular weight excluding hydrogens is 234 g/mol. The summed E-state index contributed by atoms with van der Waals surface area (Å²) in [5, 5.41) is 5.45. The van der Waals surface area contributed by atoms with Crippen molar-refractivity contribution in [3.8, 4) is 17.0 Å². The van der Waals surface area contributed by atoms with Gasteiger partial charge < -0.3 is 4.74 Å². The predicted molar refractivity (Wildman–Crippen MR) is 67.6 cm³/mol. The first-order valence-corrected chi connectivity index (χ1v) is 6.05. The molecule has 3 aromatic rings. The summed E-state index contributed by atoms with van der Waals surface area (Å²) in [4.78, 5) is 5.27. The van der Waals surface area contributed by atoms with Crippen molar-refractivity contribution in [3.05, 3.63) is 35.5 Å². The zero-order chi connectivity index (χ0) is 11.8. The van der Waals surface area contributed by atoms with Crippen LogP contribution in [0.5, 0.6) is 5.75 Å². The summed E-state index contributed by atoms with van der Waals surface area (Å²) < 4.78 is 7.02. The van der Waals surface area contributed by atoms with Gasteiger partial charge in [0.25, 0.3) is 0 Å². The molecule has 0 aliphatic rings. The summed E-state index contributed by atoms with van der Waals surface area (Å²) in [6.45, 7) is 1.98. The van der Waals surface area contributed by atoms with Crippen molar-refractivity contribution in [2.24, 2.45) is 0 Å². The van der Waals surface area contributed by atoms with Crippen molar-refractivity contribution in [1.29, 1.82) is 0 Å². The molecule has 0 unspecified atom stereocenters. The third kappa shape index (κ3) is 1.68. The van der Waals surface area contributed by atoms with Gasteiger partial charge in [0.05, 0.1) is 19.0 Å². The lowest BCUT2D eigenvalue weighted by Gasteiger charge is -2.01. The maximum Gasteiger partial charge on any atom is 0.212 e. The molecule has 1 aromatic carbocycles. The molecule has 0 atom stereocenters. The van der Waals surface area contributed by atoms with Gasteiger partial charge in [0, 0.05) is 5.56 Å². The number of aryl methyl sites for hydroxylation is 1. The van der Waals surface area contributed by atoms with E-state index >= 15 is 0 Å². The van der Waals surface area contributed by atoms with Crippen molar-refractivity contribution < 1.29 is 4.74 Å². The quantitative estimate of drug-likeness (QED) is 0.697. The molecule has 5 heteroatoms. The number of nitrogens with zero attached hydrogens (tertiary/aromatic N) is 3. The summed E-state index contributed by atoms with van der Waals surface area (Å²) >= 11 is 1.59. The molecule has 86 valence electrons. The van der Waals surface area contributed by atoms with Gasteiger partial charge in [-0.15, -0.1) is 0 Å². The van der Waals surface area contributed by atoms with E-state index in [0.717, 1.165) is 27.0 Å². The first kappa shape index (κ1) is 10.3. The third-order valence-electron chi connectivity index (χ3n) is 2.57. The third-order valence-corrected chi connectivity index (χ3v) is 3.41. The lowest BCUT2D eigenvalue weighted by molar-refractivity contribution is 0.415. The van der Waals surface area contributed by atoms with Crippen LogP contribution >= 0.6 is 11.3 Å². The van der Waals surface area contributed by atoms with E-state index < -0.39 is 0 Å². The van der Waals surface area contributed by atoms with Gasteiger partial charge in [-0.1, -0.05) is 11.3 Å². The first-order chi connectivity index (χ1) is 8.28. The molecule has 0 amide bonds. The number of imidazole rings is 1. The van der Waals surface area contributed by atoms with Crippen LogP contribution in [0.4, 0.5) is 0 Å². The molecule has 2 heterocycles. The van der Waals surface area contributed by atoms with Crippen molar-refractivity contribution in [3.63, 3.8) is 0 Å². The van der Waals surface area contributed by atoms with E-state index in [1.54, 1.807) is 18.4 Å². The van der Waals surface area contributed by atoms with Crippen LogP contribution in [-0.4, -0.2) is 21.7 Å². The number of benzene rings is 1. The van der Waals surface area contributed by atoms with Gasteiger partial charge in [-0.3, -0.25) is 0 Å². The molecule has 0 saturated carbocycles. The zero-order valence-electron chi connectivity index (χ0n) is 9.54. The van der Waals surface area contributed by atoms with Crippen molar-refractivity contribution in [1.82, 2.24) is 14.6 Å². The van der Waals surface area contributed by atoms with Crippen LogP contribution in [0.2, 0.25) is 0 Å². The number of methoxy groups -OCH3 is 1. The van der Waals surface area contributed by atoms with E-state index in [2.05, 4.69) is 10.1 Å². The summed E-state index contributed by atoms with van der Waals surface area (Å²) in [7, 11) is 1.66. The number of hydrogen-bond donors (Lipinski definition) is 0. The minimum absolute atomic E-state index is 0.851. The molecular formula is C12H11N3OS. The molecule has 0 N–H and O–H groups in total. The summed E-state index contributed by atoms with van der Waals surface area (Å²) in [6, 6.07) is 7.90. The average Bonchev–Trinajstić information content (AvgIpc) is 2.88. The van der Waals surface area contributed by atoms with Gasteiger partial charge in [0.15, 0.2) is 0 Å². The number of hydrogen-bond acceptors (Lipinski definition) is 4. The fourth-order valence-corrected chi connectivity index (χ4v) is 2.46. The molecule has 3 rings (SSSR count). The molecule has 17 heavy (non-hydrogen) atoms. The monoisotopic (exact) mass is 245 g/mol. The molecule has 0 aliphatic heterocycles. The van der Waals surface area contributed by atoms with Gasteiger partial charge in [-0.25, -0.2) is 9.50 Å². The van der Waals surface area contributed by atoms with E-state index in [0.29, 0.717) is 0 Å². The highest BCUT2D eigenvalue weighted by Crippen LogP contribution is 2.25. The highest BCUT2D eigenvalue weighted by molar-refractivity contribution is 7.16. The van der Waals surface area contributed by atoms with Crippen LogP contribution < -0.4 is 4.74 Å². The Morgan fingerprint density at radius 1 is 1.24 bits per heavy atom. The van der Waals surface area contributed by atoms with E-state index in [4.69, 9.17) is 4.74 Å². The maximum absolute atomic E-state index is 5.14. The van der Waals surface area contributed by atoms with Crippen molar-refractivity contribution >= 4 is 16.3 Å². The van der Waals surface area contributed by atoms with Crippen molar-refractivity contribution in [2.75, 3.05) is 7.11 Å². The number of ether oxygens (including phenoxy) is 1. The van der Waals surface area contributed by atoms with E-state index in [1.807, 2.05) is 41.9 Å². The fraction of sp³-hybridized carbons (Fsp3) is 0.167. The second-order valence-corrected chi connectivity index (χ2v) is 4.85. The summed E-state index contributed by atoms with van der Waals surface area (Å²) in [5.74, 6) is 0.851. The van der Waals surface area contributed by atoms with Crippen molar-refractivity contribution in [2.45, 2.75) is 6.92 Å². The van der Waals surface area contributed by atoms with Gasteiger partial charge in [0.2, 0.25) is 4.96 Å². The van der Waals surface area contributed by atoms with Gasteiger partial charge >= 0.3 is 0 Å². The number of aromatic nitrogens is 3. The van der Waals surface area contributed by atoms with E-state index in [1.165, 1.54) is 0 Å². The van der Waals surface area contributed by atoms with Gasteiger partial charge in [-0.2, -0.15) is 5.10 Å². The standard InChI is InChI=1S/C12H11N3OS/c1-8-14-15-11(7-13-12(15)17-8)9-3-5-10(16-2)6-4-9/h3-7H,1-2H3. The zero-order valence-corrected chi connectivity index (χ0v) is 10.4. The first-order valence-electron chi connectivity index (χ1n) is 5.23. The van der Waals surface area contributed by atoms with Gasteiger partial charge in [-0.05, 0) is 31.2 Å². The highest BCUT2D eigenvalue weighted by atomic mass is 32.1. The smallest absolute Gasteiger partial charge is 0.212 e. The summed E-state index contributed by atoms with van der Waals surface area (Å²) in [6.07, 6.45) is 1.85. The number of rotatable bonds is 2. The van der Waals surface area contributed by atoms with Crippen LogP contribution in [0.25, 0.3) is 16.2 Å². The van der Waals surface area contributed by atoms with Crippen LogP contribution in [0, 0.1) is 6.92 Å². The average molecular weight is 245 g/mol. The minimum Gasteiger partial charge on any atom is -0.497 e. The topological polar surface area (TPSA) is 39.4 Å². The lowest BCUT2D eigenvalue weighted by atomic mass is 10.2. The molecule has 0 spiro atoms. The Balaban J connectivity index is 2.12. The molecule has 4 nitrogen and oxygen atoms in total. The van der Waals surface area contributed by atoms with Crippen LogP contribution in [0.1, 0.15) is 5.01 Å². The Morgan fingerprint density at radius 3 is 2.71 bits per heavy atom. The molecule has 2 aromatic heterocycles. The number of fused-ring (bicyclic) bond motifs is 1. The second-order valence-electron chi connectivity index (χ2n) is 3.69. The SMILES string of the molecule is COc1ccc(-c2cnc3sc(C)nn23)cc1. The fourth-order valence-electron chi connectivity index (χ4n) is 1.75. The second kappa shape index (κ2) is 3.85. The Hall–Kier alpha value is -1.88. The molecule has 0 aliphatic carbocycles. The normalized spacial score (nSPS) is 10.9. The maximum atomic E-state index is 5.14. The molecule has 0 fully saturated rings. The van der Waals surface area contributed by atoms with Crippen LogP contribution in [0.3, 0.4) is 0 Å². The van der Waals surface area contributed by atoms with Crippen LogP contribution in [-0.2, 0) is 0 Å². The predicted octanol–water partition coefficient (Wildman–Crippen LogP) is 2.77. The molecule has 0 bridgehead atoms. The Labute approximate surface area is 102 Å². The Bertz CT molecular complexity index is 654. The molecule has 0 saturated heterocycles.